The van der Waals surface area contributed by atoms with E-state index in [1.165, 1.54) is 24.8 Å². The number of piperidine rings is 1. The van der Waals surface area contributed by atoms with Crippen LogP contribution < -0.4 is 10.6 Å². The van der Waals surface area contributed by atoms with Crippen LogP contribution >= 0.6 is 24.0 Å². The number of likely N-dealkylation sites (tertiary alicyclic amines) is 1. The maximum atomic E-state index is 5.75. The van der Waals surface area contributed by atoms with Gasteiger partial charge in [-0.15, -0.1) is 24.0 Å². The van der Waals surface area contributed by atoms with Crippen molar-refractivity contribution in [2.75, 3.05) is 33.2 Å². The molecule has 1 saturated heterocycles. The number of imidazole rings is 1. The van der Waals surface area contributed by atoms with Crippen molar-refractivity contribution in [1.29, 1.82) is 0 Å². The lowest BCUT2D eigenvalue weighted by molar-refractivity contribution is 0.146. The van der Waals surface area contributed by atoms with Crippen molar-refractivity contribution in [2.24, 2.45) is 4.99 Å². The smallest absolute Gasteiger partial charge is 0.191 e. The molecule has 2 aromatic heterocycles. The van der Waals surface area contributed by atoms with Crippen LogP contribution in [0, 0.1) is 6.92 Å². The number of aryl methyl sites for hydroxylation is 1. The zero-order valence-electron chi connectivity index (χ0n) is 18.4. The van der Waals surface area contributed by atoms with E-state index in [1.807, 2.05) is 19.2 Å². The third-order valence-electron chi connectivity index (χ3n) is 5.86. The lowest BCUT2D eigenvalue weighted by Crippen LogP contribution is -2.45. The Morgan fingerprint density at radius 1 is 1.13 bits per heavy atom. The number of hydrogen-bond donors (Lipinski definition) is 2. The van der Waals surface area contributed by atoms with Gasteiger partial charge in [-0.3, -0.25) is 9.89 Å². The van der Waals surface area contributed by atoms with E-state index < -0.39 is 0 Å². The number of nitrogens with zero attached hydrogens (tertiary/aromatic N) is 4. The van der Waals surface area contributed by atoms with Crippen molar-refractivity contribution in [3.8, 4) is 0 Å². The molecular weight excluding hydrogens is 503 g/mol. The summed E-state index contributed by atoms with van der Waals surface area (Å²) in [5.41, 5.74) is 2.21. The van der Waals surface area contributed by atoms with E-state index in [0.717, 1.165) is 55.8 Å². The largest absolute Gasteiger partial charge is 0.468 e. The molecule has 3 heterocycles. The maximum absolute atomic E-state index is 5.75. The zero-order valence-corrected chi connectivity index (χ0v) is 20.7. The number of benzene rings is 1. The van der Waals surface area contributed by atoms with Crippen LogP contribution in [0.3, 0.4) is 0 Å². The van der Waals surface area contributed by atoms with Gasteiger partial charge >= 0.3 is 0 Å². The molecule has 1 fully saturated rings. The molecule has 0 bridgehead atoms. The van der Waals surface area contributed by atoms with Crippen LogP contribution in [0.5, 0.6) is 0 Å². The third-order valence-corrected chi connectivity index (χ3v) is 5.86. The van der Waals surface area contributed by atoms with Crippen LogP contribution in [0.4, 0.5) is 0 Å². The topological polar surface area (TPSA) is 70.6 Å². The van der Waals surface area contributed by atoms with Crippen LogP contribution in [0.1, 0.15) is 36.9 Å². The van der Waals surface area contributed by atoms with Gasteiger partial charge in [0, 0.05) is 26.7 Å². The summed E-state index contributed by atoms with van der Waals surface area (Å²) in [5, 5.41) is 6.94. The second-order valence-corrected chi connectivity index (χ2v) is 7.81. The van der Waals surface area contributed by atoms with Gasteiger partial charge in [-0.05, 0) is 57.1 Å². The summed E-state index contributed by atoms with van der Waals surface area (Å²) >= 11 is 0. The highest BCUT2D eigenvalue weighted by molar-refractivity contribution is 14.0. The molecule has 0 amide bonds. The number of aliphatic imine (C=N–C) groups is 1. The predicted octanol–water partition coefficient (Wildman–Crippen LogP) is 3.95. The summed E-state index contributed by atoms with van der Waals surface area (Å²) < 4.78 is 7.99. The molecule has 1 aromatic carbocycles. The molecule has 3 aromatic rings. The first-order chi connectivity index (χ1) is 14.8. The van der Waals surface area contributed by atoms with Gasteiger partial charge in [0.25, 0.3) is 0 Å². The number of rotatable bonds is 7. The minimum Gasteiger partial charge on any atom is -0.468 e. The molecule has 0 spiro atoms. The summed E-state index contributed by atoms with van der Waals surface area (Å²) in [4.78, 5) is 11.6. The highest BCUT2D eigenvalue weighted by Crippen LogP contribution is 2.24. The summed E-state index contributed by atoms with van der Waals surface area (Å²) in [7, 11) is 1.82. The lowest BCUT2D eigenvalue weighted by Gasteiger charge is -2.33. The molecule has 8 heteroatoms. The second kappa shape index (κ2) is 11.5. The van der Waals surface area contributed by atoms with Crippen LogP contribution in [0.2, 0.25) is 0 Å². The Hall–Kier alpha value is -2.07. The molecular formula is C23H33IN6O. The number of nitrogens with one attached hydrogen (secondary N) is 2. The Balaban J connectivity index is 0.00000272. The monoisotopic (exact) mass is 536 g/mol. The van der Waals surface area contributed by atoms with E-state index >= 15 is 0 Å². The first-order valence-electron chi connectivity index (χ1n) is 10.9. The number of halogens is 1. The molecule has 168 valence electrons. The summed E-state index contributed by atoms with van der Waals surface area (Å²) in [6.45, 7) is 6.66. The van der Waals surface area contributed by atoms with E-state index in [1.54, 1.807) is 6.26 Å². The Kier molecular flexibility index (Phi) is 8.77. The summed E-state index contributed by atoms with van der Waals surface area (Å²) in [6.07, 6.45) is 5.59. The van der Waals surface area contributed by atoms with Gasteiger partial charge in [-0.2, -0.15) is 0 Å². The fourth-order valence-electron chi connectivity index (χ4n) is 4.30. The molecule has 31 heavy (non-hydrogen) atoms. The molecule has 1 aliphatic rings. The molecule has 2 N–H and O–H groups in total. The molecule has 0 aliphatic carbocycles. The van der Waals surface area contributed by atoms with Gasteiger partial charge in [-0.25, -0.2) is 4.98 Å². The van der Waals surface area contributed by atoms with Gasteiger partial charge in [0.2, 0.25) is 0 Å². The molecule has 0 radical (unpaired) electrons. The highest BCUT2D eigenvalue weighted by Gasteiger charge is 2.24. The van der Waals surface area contributed by atoms with E-state index in [9.17, 15) is 0 Å². The fourth-order valence-corrected chi connectivity index (χ4v) is 4.30. The average molecular weight is 536 g/mol. The summed E-state index contributed by atoms with van der Waals surface area (Å²) in [6, 6.07) is 12.5. The quantitative estimate of drug-likeness (QED) is 0.272. The van der Waals surface area contributed by atoms with Gasteiger partial charge in [-0.1, -0.05) is 18.6 Å². The van der Waals surface area contributed by atoms with Gasteiger partial charge < -0.3 is 19.6 Å². The highest BCUT2D eigenvalue weighted by atomic mass is 127. The Morgan fingerprint density at radius 2 is 1.94 bits per heavy atom. The van der Waals surface area contributed by atoms with Crippen LogP contribution in [0.25, 0.3) is 11.0 Å². The SMILES string of the molecule is CN=C(NCCn1c(C)nc2ccccc21)NCC(c1ccco1)N1CCCCC1.I. The zero-order chi connectivity index (χ0) is 20.8. The Labute approximate surface area is 201 Å². The van der Waals surface area contributed by atoms with Gasteiger partial charge in [0.1, 0.15) is 11.6 Å². The normalized spacial score (nSPS) is 16.1. The second-order valence-electron chi connectivity index (χ2n) is 7.81. The van der Waals surface area contributed by atoms with Gasteiger partial charge in [0.05, 0.1) is 23.3 Å². The Bertz CT molecular complexity index is 962. The molecule has 1 atom stereocenters. The number of guanidine groups is 1. The fraction of sp³-hybridized carbons (Fsp3) is 0.478. The van der Waals surface area contributed by atoms with E-state index in [0.29, 0.717) is 0 Å². The van der Waals surface area contributed by atoms with Crippen LogP contribution in [-0.4, -0.2) is 53.6 Å². The molecule has 4 rings (SSSR count). The minimum atomic E-state index is 0. The number of fused-ring (bicyclic) bond motifs is 1. The standard InChI is InChI=1S/C23H32N6O.HI/c1-18-27-19-9-4-5-10-20(19)29(18)15-12-25-23(24-2)26-17-21(22-11-8-16-30-22)28-13-6-3-7-14-28;/h4-5,8-11,16,21H,3,6-7,12-15,17H2,1-2H3,(H2,24,25,26);1H. The van der Waals surface area contributed by atoms with Crippen molar-refractivity contribution >= 4 is 41.0 Å². The molecule has 0 saturated carbocycles. The number of para-hydroxylation sites is 2. The van der Waals surface area contributed by atoms with Crippen molar-refractivity contribution in [1.82, 2.24) is 25.1 Å². The number of aromatic nitrogens is 2. The molecule has 7 nitrogen and oxygen atoms in total. The van der Waals surface area contributed by atoms with Crippen molar-refractivity contribution in [3.05, 3.63) is 54.2 Å². The maximum Gasteiger partial charge on any atom is 0.191 e. The third kappa shape index (κ3) is 5.79. The van der Waals surface area contributed by atoms with Crippen LogP contribution in [0.15, 0.2) is 52.1 Å². The molecule has 1 aliphatic heterocycles. The first-order valence-corrected chi connectivity index (χ1v) is 10.9. The first kappa shape index (κ1) is 23.6. The van der Waals surface area contributed by atoms with Crippen molar-refractivity contribution in [3.63, 3.8) is 0 Å². The van der Waals surface area contributed by atoms with Gasteiger partial charge in [0.15, 0.2) is 5.96 Å². The Morgan fingerprint density at radius 3 is 2.68 bits per heavy atom. The van der Waals surface area contributed by atoms with E-state index in [4.69, 9.17) is 4.42 Å². The number of furan rings is 1. The van der Waals surface area contributed by atoms with E-state index in [2.05, 4.69) is 61.3 Å². The number of hydrogen-bond acceptors (Lipinski definition) is 4. The average Bonchev–Trinajstić information content (AvgIpc) is 3.41. The van der Waals surface area contributed by atoms with E-state index in [-0.39, 0.29) is 30.0 Å². The predicted molar refractivity (Wildman–Crippen MR) is 136 cm³/mol. The van der Waals surface area contributed by atoms with Crippen LogP contribution in [-0.2, 0) is 6.54 Å². The summed E-state index contributed by atoms with van der Waals surface area (Å²) in [5.74, 6) is 2.86. The minimum absolute atomic E-state index is 0. The molecule has 1 unspecified atom stereocenters. The van der Waals surface area contributed by atoms with Crippen molar-refractivity contribution < 1.29 is 4.42 Å². The van der Waals surface area contributed by atoms with Crippen molar-refractivity contribution in [2.45, 2.75) is 38.8 Å². The lowest BCUT2D eigenvalue weighted by atomic mass is 10.1.